The van der Waals surface area contributed by atoms with Gasteiger partial charge in [-0.2, -0.15) is 0 Å². The number of hydrogen-bond donors (Lipinski definition) is 2. The Kier molecular flexibility index (Phi) is 6.10. The Balaban J connectivity index is 1.96. The van der Waals surface area contributed by atoms with E-state index in [4.69, 9.17) is 5.11 Å². The lowest BCUT2D eigenvalue weighted by Crippen LogP contribution is -2.33. The molecular weight excluding hydrogens is 200 g/mol. The van der Waals surface area contributed by atoms with Gasteiger partial charge in [0.15, 0.2) is 0 Å². The lowest BCUT2D eigenvalue weighted by Gasteiger charge is -2.21. The van der Waals surface area contributed by atoms with Gasteiger partial charge in [-0.05, 0) is 18.9 Å². The molecule has 90 valence electrons. The second kappa shape index (κ2) is 7.12. The Morgan fingerprint density at radius 1 is 1.20 bits per heavy atom. The molecule has 0 bridgehead atoms. The van der Waals surface area contributed by atoms with Crippen LogP contribution >= 0.6 is 0 Å². The summed E-state index contributed by atoms with van der Waals surface area (Å²) in [5.74, 6) is 0.759. The first-order valence-corrected chi connectivity index (χ1v) is 5.87. The smallest absolute Gasteiger partial charge is 0.265 e. The van der Waals surface area contributed by atoms with Gasteiger partial charge in [-0.15, -0.1) is 0 Å². The van der Waals surface area contributed by atoms with Gasteiger partial charge in [-0.3, -0.25) is 0 Å². The van der Waals surface area contributed by atoms with Crippen molar-refractivity contribution in [1.29, 1.82) is 0 Å². The molecule has 1 fully saturated rings. The zero-order valence-electron chi connectivity index (χ0n) is 9.09. The highest BCUT2D eigenvalue weighted by Gasteiger charge is 2.16. The van der Waals surface area contributed by atoms with Crippen molar-refractivity contribution in [2.24, 2.45) is 5.92 Å². The summed E-state index contributed by atoms with van der Waals surface area (Å²) in [5.41, 5.74) is 0. The lowest BCUT2D eigenvalue weighted by molar-refractivity contribution is -0.00332. The van der Waals surface area contributed by atoms with Gasteiger partial charge in [0, 0.05) is 6.54 Å². The summed E-state index contributed by atoms with van der Waals surface area (Å²) in [7, 11) is 0. The second-order valence-electron chi connectivity index (χ2n) is 4.40. The number of aliphatic hydroxyl groups is 1. The van der Waals surface area contributed by atoms with Crippen molar-refractivity contribution in [2.45, 2.75) is 51.1 Å². The van der Waals surface area contributed by atoms with Crippen LogP contribution in [0.1, 0.15) is 38.5 Å². The van der Waals surface area contributed by atoms with Crippen molar-refractivity contribution < 1.29 is 13.9 Å². The molecule has 4 heteroatoms. The van der Waals surface area contributed by atoms with E-state index in [9.17, 15) is 8.78 Å². The van der Waals surface area contributed by atoms with Gasteiger partial charge < -0.3 is 10.4 Å². The van der Waals surface area contributed by atoms with Gasteiger partial charge in [-0.25, -0.2) is 8.78 Å². The minimum absolute atomic E-state index is 0.00435. The molecule has 0 spiro atoms. The van der Waals surface area contributed by atoms with E-state index in [2.05, 4.69) is 5.32 Å². The fraction of sp³-hybridized carbons (Fsp3) is 1.00. The van der Waals surface area contributed by atoms with E-state index in [1.165, 1.54) is 32.1 Å². The van der Waals surface area contributed by atoms with E-state index in [0.717, 1.165) is 18.9 Å². The van der Waals surface area contributed by atoms with Crippen LogP contribution in [0.2, 0.25) is 0 Å². The largest absolute Gasteiger partial charge is 0.386 e. The summed E-state index contributed by atoms with van der Waals surface area (Å²) in [4.78, 5) is 0. The van der Waals surface area contributed by atoms with Crippen LogP contribution in [0.4, 0.5) is 8.78 Å². The number of hydrogen-bond acceptors (Lipinski definition) is 2. The molecular formula is C11H21F2NO. The fourth-order valence-corrected chi connectivity index (χ4v) is 2.12. The summed E-state index contributed by atoms with van der Waals surface area (Å²) in [6, 6.07) is 0. The molecule has 0 radical (unpaired) electrons. The topological polar surface area (TPSA) is 32.3 Å². The van der Waals surface area contributed by atoms with Crippen LogP contribution in [-0.4, -0.2) is 30.7 Å². The van der Waals surface area contributed by atoms with Gasteiger partial charge in [0.2, 0.25) is 0 Å². The van der Waals surface area contributed by atoms with Crippen LogP contribution in [0.3, 0.4) is 0 Å². The summed E-state index contributed by atoms with van der Waals surface area (Å²) in [6.45, 7) is 0.749. The predicted molar refractivity (Wildman–Crippen MR) is 56.1 cm³/mol. The summed E-state index contributed by atoms with van der Waals surface area (Å²) < 4.78 is 23.8. The van der Waals surface area contributed by atoms with Gasteiger partial charge in [0.1, 0.15) is 6.10 Å². The highest BCUT2D eigenvalue weighted by Crippen LogP contribution is 2.25. The molecule has 1 aliphatic carbocycles. The highest BCUT2D eigenvalue weighted by molar-refractivity contribution is 4.68. The Bertz CT molecular complexity index is 161. The van der Waals surface area contributed by atoms with Crippen molar-refractivity contribution in [3.05, 3.63) is 0 Å². The molecule has 0 aromatic heterocycles. The molecule has 1 atom stereocenters. The highest BCUT2D eigenvalue weighted by atomic mass is 19.3. The first kappa shape index (κ1) is 12.8. The summed E-state index contributed by atoms with van der Waals surface area (Å²) in [5, 5.41) is 11.7. The zero-order chi connectivity index (χ0) is 11.1. The van der Waals surface area contributed by atoms with E-state index in [-0.39, 0.29) is 6.54 Å². The van der Waals surface area contributed by atoms with Crippen LogP contribution in [-0.2, 0) is 0 Å². The molecule has 0 amide bonds. The van der Waals surface area contributed by atoms with E-state index in [1.54, 1.807) is 0 Å². The van der Waals surface area contributed by atoms with Crippen LogP contribution in [0.25, 0.3) is 0 Å². The molecule has 0 aromatic rings. The lowest BCUT2D eigenvalue weighted by atomic mass is 9.87. The summed E-state index contributed by atoms with van der Waals surface area (Å²) >= 11 is 0. The van der Waals surface area contributed by atoms with Crippen LogP contribution < -0.4 is 5.32 Å². The molecule has 0 aliphatic heterocycles. The van der Waals surface area contributed by atoms with E-state index >= 15 is 0 Å². The van der Waals surface area contributed by atoms with E-state index in [0.29, 0.717) is 0 Å². The third-order valence-corrected chi connectivity index (χ3v) is 3.10. The van der Waals surface area contributed by atoms with Crippen LogP contribution in [0.15, 0.2) is 0 Å². The average Bonchev–Trinajstić information content (AvgIpc) is 2.25. The Morgan fingerprint density at radius 2 is 1.87 bits per heavy atom. The average molecular weight is 221 g/mol. The molecule has 1 aliphatic rings. The quantitative estimate of drug-likeness (QED) is 0.674. The Hall–Kier alpha value is -0.220. The standard InChI is InChI=1S/C11H21F2NO/c12-11(13)10(15)8-14-7-6-9-4-2-1-3-5-9/h9-11,14-15H,1-8H2. The molecule has 1 saturated carbocycles. The minimum atomic E-state index is -2.63. The van der Waals surface area contributed by atoms with Crippen molar-refractivity contribution in [3.63, 3.8) is 0 Å². The van der Waals surface area contributed by atoms with Crippen LogP contribution in [0, 0.1) is 5.92 Å². The zero-order valence-corrected chi connectivity index (χ0v) is 9.09. The van der Waals surface area contributed by atoms with Crippen molar-refractivity contribution in [1.82, 2.24) is 5.32 Å². The third kappa shape index (κ3) is 5.42. The number of aliphatic hydroxyl groups excluding tert-OH is 1. The van der Waals surface area contributed by atoms with Crippen molar-refractivity contribution in [3.8, 4) is 0 Å². The molecule has 1 rings (SSSR count). The van der Waals surface area contributed by atoms with E-state index in [1.807, 2.05) is 0 Å². The summed E-state index contributed by atoms with van der Waals surface area (Å²) in [6.07, 6.45) is 3.42. The number of halogens is 2. The maximum Gasteiger partial charge on any atom is 0.265 e. The second-order valence-corrected chi connectivity index (χ2v) is 4.40. The molecule has 2 N–H and O–H groups in total. The Morgan fingerprint density at radius 3 is 2.47 bits per heavy atom. The molecule has 1 unspecified atom stereocenters. The minimum Gasteiger partial charge on any atom is -0.386 e. The van der Waals surface area contributed by atoms with Gasteiger partial charge >= 0.3 is 0 Å². The Labute approximate surface area is 90.1 Å². The van der Waals surface area contributed by atoms with E-state index < -0.39 is 12.5 Å². The fourth-order valence-electron chi connectivity index (χ4n) is 2.12. The predicted octanol–water partition coefficient (Wildman–Crippen LogP) is 2.17. The van der Waals surface area contributed by atoms with Gasteiger partial charge in [-0.1, -0.05) is 32.1 Å². The van der Waals surface area contributed by atoms with Crippen LogP contribution in [0.5, 0.6) is 0 Å². The number of rotatable bonds is 6. The normalized spacial score (nSPS) is 20.8. The molecule has 0 aromatic carbocycles. The third-order valence-electron chi connectivity index (χ3n) is 3.10. The van der Waals surface area contributed by atoms with Crippen molar-refractivity contribution >= 4 is 0 Å². The monoisotopic (exact) mass is 221 g/mol. The number of alkyl halides is 2. The number of nitrogens with one attached hydrogen (secondary N) is 1. The first-order chi connectivity index (χ1) is 7.20. The molecule has 2 nitrogen and oxygen atoms in total. The SMILES string of the molecule is OC(CNCCC1CCCCC1)C(F)F. The van der Waals surface area contributed by atoms with Gasteiger partial charge in [0.05, 0.1) is 0 Å². The van der Waals surface area contributed by atoms with Crippen molar-refractivity contribution in [2.75, 3.05) is 13.1 Å². The maximum absolute atomic E-state index is 11.9. The van der Waals surface area contributed by atoms with Gasteiger partial charge in [0.25, 0.3) is 6.43 Å². The molecule has 0 saturated heterocycles. The maximum atomic E-state index is 11.9. The first-order valence-electron chi connectivity index (χ1n) is 5.87. The molecule has 0 heterocycles. The molecule has 15 heavy (non-hydrogen) atoms.